The molecule has 0 aromatic heterocycles. The van der Waals surface area contributed by atoms with Crippen molar-refractivity contribution in [3.05, 3.63) is 12.2 Å². The minimum Gasteiger partial charge on any atom is -0.469 e. The molecule has 2 aliphatic rings. The molecule has 0 unspecified atom stereocenters. The van der Waals surface area contributed by atoms with Gasteiger partial charge in [0, 0.05) is 12.5 Å². The topological polar surface area (TPSA) is 52.3 Å². The normalized spacial score (nSPS) is 34.3. The van der Waals surface area contributed by atoms with Crippen LogP contribution in [0.2, 0.25) is 0 Å². The molecule has 18 heavy (non-hydrogen) atoms. The maximum atomic E-state index is 10.9. The predicted molar refractivity (Wildman–Crippen MR) is 71.9 cm³/mol. The van der Waals surface area contributed by atoms with Gasteiger partial charge in [-0.3, -0.25) is 4.79 Å². The first kappa shape index (κ1) is 13.6. The first-order chi connectivity index (χ1) is 8.72. The molecule has 2 aliphatic carbocycles. The Morgan fingerprint density at radius 2 is 2.11 bits per heavy atom. The second-order valence-corrected chi connectivity index (χ2v) is 5.75. The van der Waals surface area contributed by atoms with Crippen LogP contribution < -0.4 is 5.73 Å². The first-order valence-corrected chi connectivity index (χ1v) is 7.19. The zero-order valence-electron chi connectivity index (χ0n) is 11.3. The molecule has 0 aromatic carbocycles. The number of hydrogen-bond donors (Lipinski definition) is 1. The van der Waals surface area contributed by atoms with Gasteiger partial charge < -0.3 is 10.5 Å². The Hall–Kier alpha value is -0.830. The SMILES string of the molecule is COC(=O)CCC/C=C\C[C@H]1[C@@H]2CC[C@@H](C2)[C@@H]1N. The van der Waals surface area contributed by atoms with E-state index in [1.54, 1.807) is 0 Å². The highest BCUT2D eigenvalue weighted by atomic mass is 16.5. The quantitative estimate of drug-likeness (QED) is 0.448. The van der Waals surface area contributed by atoms with Crippen LogP contribution in [-0.2, 0) is 9.53 Å². The van der Waals surface area contributed by atoms with E-state index in [2.05, 4.69) is 16.9 Å². The highest BCUT2D eigenvalue weighted by Gasteiger charge is 2.44. The van der Waals surface area contributed by atoms with Crippen LogP contribution in [0.15, 0.2) is 12.2 Å². The van der Waals surface area contributed by atoms with Gasteiger partial charge in [-0.2, -0.15) is 0 Å². The molecule has 0 aliphatic heterocycles. The third-order valence-electron chi connectivity index (χ3n) is 4.71. The summed E-state index contributed by atoms with van der Waals surface area (Å²) in [6.45, 7) is 0. The molecule has 2 fully saturated rings. The van der Waals surface area contributed by atoms with Gasteiger partial charge in [-0.1, -0.05) is 12.2 Å². The number of unbranched alkanes of at least 4 members (excludes halogenated alkanes) is 1. The largest absolute Gasteiger partial charge is 0.469 e. The number of carbonyl (C=O) groups excluding carboxylic acids is 1. The second kappa shape index (κ2) is 6.37. The third kappa shape index (κ3) is 3.14. The van der Waals surface area contributed by atoms with Crippen LogP contribution in [0.25, 0.3) is 0 Å². The molecule has 0 heterocycles. The van der Waals surface area contributed by atoms with Crippen molar-refractivity contribution in [3.63, 3.8) is 0 Å². The maximum Gasteiger partial charge on any atom is 0.305 e. The molecule has 0 spiro atoms. The van der Waals surface area contributed by atoms with Gasteiger partial charge in [-0.05, 0) is 56.3 Å². The minimum atomic E-state index is -0.112. The Balaban J connectivity index is 1.61. The number of carbonyl (C=O) groups is 1. The van der Waals surface area contributed by atoms with E-state index < -0.39 is 0 Å². The number of ether oxygens (including phenoxy) is 1. The van der Waals surface area contributed by atoms with Crippen LogP contribution in [0, 0.1) is 17.8 Å². The summed E-state index contributed by atoms with van der Waals surface area (Å²) in [6.07, 6.45) is 12.1. The Labute approximate surface area is 110 Å². The van der Waals surface area contributed by atoms with Gasteiger partial charge in [0.25, 0.3) is 0 Å². The summed E-state index contributed by atoms with van der Waals surface area (Å²) >= 11 is 0. The Bertz CT molecular complexity index is 312. The second-order valence-electron chi connectivity index (χ2n) is 5.75. The molecule has 0 saturated heterocycles. The molecular formula is C15H25NO2. The highest BCUT2D eigenvalue weighted by molar-refractivity contribution is 5.68. The molecule has 2 bridgehead atoms. The van der Waals surface area contributed by atoms with E-state index in [0.717, 1.165) is 31.1 Å². The number of methoxy groups -OCH3 is 1. The van der Waals surface area contributed by atoms with E-state index in [9.17, 15) is 4.79 Å². The predicted octanol–water partition coefficient (Wildman–Crippen LogP) is 2.65. The Morgan fingerprint density at radius 3 is 2.78 bits per heavy atom. The van der Waals surface area contributed by atoms with Crippen LogP contribution in [0.1, 0.15) is 44.9 Å². The van der Waals surface area contributed by atoms with Gasteiger partial charge in [0.1, 0.15) is 0 Å². The average Bonchev–Trinajstić information content (AvgIpc) is 2.95. The van der Waals surface area contributed by atoms with E-state index in [-0.39, 0.29) is 5.97 Å². The van der Waals surface area contributed by atoms with Crippen molar-refractivity contribution in [2.24, 2.45) is 23.5 Å². The molecule has 2 saturated carbocycles. The minimum absolute atomic E-state index is 0.112. The van der Waals surface area contributed by atoms with E-state index in [0.29, 0.717) is 18.4 Å². The molecule has 2 rings (SSSR count). The van der Waals surface area contributed by atoms with Crippen LogP contribution in [0.5, 0.6) is 0 Å². The first-order valence-electron chi connectivity index (χ1n) is 7.19. The third-order valence-corrected chi connectivity index (χ3v) is 4.71. The van der Waals surface area contributed by atoms with Crippen LogP contribution >= 0.6 is 0 Å². The smallest absolute Gasteiger partial charge is 0.305 e. The maximum absolute atomic E-state index is 10.9. The summed E-state index contributed by atoms with van der Waals surface area (Å²) in [4.78, 5) is 10.9. The van der Waals surface area contributed by atoms with E-state index in [1.165, 1.54) is 26.4 Å². The van der Waals surface area contributed by atoms with Crippen molar-refractivity contribution < 1.29 is 9.53 Å². The van der Waals surface area contributed by atoms with Gasteiger partial charge in [-0.25, -0.2) is 0 Å². The van der Waals surface area contributed by atoms with Crippen molar-refractivity contribution in [1.82, 2.24) is 0 Å². The number of nitrogens with two attached hydrogens (primary N) is 1. The lowest BCUT2D eigenvalue weighted by molar-refractivity contribution is -0.140. The highest BCUT2D eigenvalue weighted by Crippen LogP contribution is 2.48. The van der Waals surface area contributed by atoms with Gasteiger partial charge in [0.2, 0.25) is 0 Å². The molecule has 4 atom stereocenters. The number of hydrogen-bond acceptors (Lipinski definition) is 3. The summed E-state index contributed by atoms with van der Waals surface area (Å²) < 4.78 is 4.61. The molecule has 0 aromatic rings. The van der Waals surface area contributed by atoms with E-state index in [1.807, 2.05) is 0 Å². The molecule has 2 N–H and O–H groups in total. The zero-order valence-corrected chi connectivity index (χ0v) is 11.3. The Morgan fingerprint density at radius 1 is 1.33 bits per heavy atom. The lowest BCUT2D eigenvalue weighted by Crippen LogP contribution is -2.35. The van der Waals surface area contributed by atoms with Gasteiger partial charge in [0.15, 0.2) is 0 Å². The van der Waals surface area contributed by atoms with Crippen molar-refractivity contribution in [2.75, 3.05) is 7.11 Å². The lowest BCUT2D eigenvalue weighted by Gasteiger charge is -2.27. The fourth-order valence-corrected chi connectivity index (χ4v) is 3.64. The monoisotopic (exact) mass is 251 g/mol. The molecule has 0 radical (unpaired) electrons. The molecular weight excluding hydrogens is 226 g/mol. The number of esters is 1. The van der Waals surface area contributed by atoms with Crippen LogP contribution in [-0.4, -0.2) is 19.1 Å². The van der Waals surface area contributed by atoms with Crippen molar-refractivity contribution in [3.8, 4) is 0 Å². The van der Waals surface area contributed by atoms with Gasteiger partial charge in [-0.15, -0.1) is 0 Å². The fourth-order valence-electron chi connectivity index (χ4n) is 3.64. The number of fused-ring (bicyclic) bond motifs is 2. The standard InChI is InChI=1S/C15H25NO2/c1-18-14(17)7-5-3-2-4-6-13-11-8-9-12(10-11)15(13)16/h2,4,11-13,15H,3,5-10,16H2,1H3/b4-2-/t11-,12+,13+,15+/m1/s1. The fraction of sp³-hybridized carbons (Fsp3) is 0.800. The summed E-state index contributed by atoms with van der Waals surface area (Å²) in [5, 5.41) is 0. The van der Waals surface area contributed by atoms with Crippen molar-refractivity contribution in [1.29, 1.82) is 0 Å². The molecule has 0 amide bonds. The molecule has 3 nitrogen and oxygen atoms in total. The van der Waals surface area contributed by atoms with Gasteiger partial charge >= 0.3 is 5.97 Å². The molecule has 102 valence electrons. The van der Waals surface area contributed by atoms with Gasteiger partial charge in [0.05, 0.1) is 7.11 Å². The van der Waals surface area contributed by atoms with Crippen molar-refractivity contribution in [2.45, 2.75) is 51.0 Å². The zero-order chi connectivity index (χ0) is 13.0. The average molecular weight is 251 g/mol. The number of allylic oxidation sites excluding steroid dienone is 2. The van der Waals surface area contributed by atoms with E-state index >= 15 is 0 Å². The number of rotatable bonds is 6. The summed E-state index contributed by atoms with van der Waals surface area (Å²) in [6, 6.07) is 0.434. The van der Waals surface area contributed by atoms with Crippen LogP contribution in [0.4, 0.5) is 0 Å². The summed E-state index contributed by atoms with van der Waals surface area (Å²) in [5.74, 6) is 2.27. The van der Waals surface area contributed by atoms with Crippen LogP contribution in [0.3, 0.4) is 0 Å². The summed E-state index contributed by atoms with van der Waals surface area (Å²) in [7, 11) is 1.44. The Kier molecular flexibility index (Phi) is 4.81. The molecule has 3 heteroatoms. The van der Waals surface area contributed by atoms with Crippen molar-refractivity contribution >= 4 is 5.97 Å². The lowest BCUT2D eigenvalue weighted by atomic mass is 9.83. The van der Waals surface area contributed by atoms with E-state index in [4.69, 9.17) is 5.73 Å². The summed E-state index contributed by atoms with van der Waals surface area (Å²) in [5.41, 5.74) is 6.27.